The minimum absolute atomic E-state index is 0.00653. The Hall–Kier alpha value is -0.570. The summed E-state index contributed by atoms with van der Waals surface area (Å²) in [6.07, 6.45) is 7.46. The summed E-state index contributed by atoms with van der Waals surface area (Å²) in [6.45, 7) is 2.24. The highest BCUT2D eigenvalue weighted by atomic mass is 16.5. The Morgan fingerprint density at radius 1 is 1.19 bits per heavy atom. The lowest BCUT2D eigenvalue weighted by atomic mass is 9.88. The molecule has 2 unspecified atom stereocenters. The molecule has 0 saturated heterocycles. The fourth-order valence-corrected chi connectivity index (χ4v) is 2.98. The Bertz CT molecular complexity index is 254. The van der Waals surface area contributed by atoms with Gasteiger partial charge in [-0.15, -0.1) is 0 Å². The molecule has 2 saturated carbocycles. The van der Waals surface area contributed by atoms with Crippen molar-refractivity contribution < 1.29 is 9.53 Å². The van der Waals surface area contributed by atoms with Crippen molar-refractivity contribution in [2.24, 2.45) is 17.6 Å². The molecule has 2 fully saturated rings. The standard InChI is InChI=1S/C13H23NO2/c1-9-3-2-4-12(7-9)16-13(15)10-5-6-11(14)8-10/h9-12H,2-8,14H2,1H3/t9?,10-,11+,12?/m1/s1. The van der Waals surface area contributed by atoms with E-state index in [4.69, 9.17) is 10.5 Å². The van der Waals surface area contributed by atoms with Crippen LogP contribution in [0.4, 0.5) is 0 Å². The van der Waals surface area contributed by atoms with Crippen LogP contribution in [0.2, 0.25) is 0 Å². The Labute approximate surface area is 97.7 Å². The zero-order chi connectivity index (χ0) is 11.5. The average Bonchev–Trinajstić information content (AvgIpc) is 2.65. The van der Waals surface area contributed by atoms with E-state index in [1.54, 1.807) is 0 Å². The van der Waals surface area contributed by atoms with Crippen LogP contribution >= 0.6 is 0 Å². The summed E-state index contributed by atoms with van der Waals surface area (Å²) in [6, 6.07) is 0.211. The Kier molecular flexibility index (Phi) is 3.85. The van der Waals surface area contributed by atoms with E-state index in [0.717, 1.165) is 32.1 Å². The van der Waals surface area contributed by atoms with Crippen LogP contribution in [0.1, 0.15) is 51.9 Å². The van der Waals surface area contributed by atoms with Crippen LogP contribution < -0.4 is 5.73 Å². The van der Waals surface area contributed by atoms with Gasteiger partial charge in [0, 0.05) is 6.04 Å². The van der Waals surface area contributed by atoms with Crippen LogP contribution in [0.25, 0.3) is 0 Å². The average molecular weight is 225 g/mol. The molecule has 0 aliphatic heterocycles. The quantitative estimate of drug-likeness (QED) is 0.733. The molecule has 16 heavy (non-hydrogen) atoms. The number of carbonyl (C=O) groups is 1. The largest absolute Gasteiger partial charge is 0.462 e. The number of esters is 1. The summed E-state index contributed by atoms with van der Waals surface area (Å²) in [5.41, 5.74) is 5.81. The van der Waals surface area contributed by atoms with Crippen molar-refractivity contribution in [1.29, 1.82) is 0 Å². The lowest BCUT2D eigenvalue weighted by Gasteiger charge is -2.27. The van der Waals surface area contributed by atoms with Crippen molar-refractivity contribution in [1.82, 2.24) is 0 Å². The first-order valence-corrected chi connectivity index (χ1v) is 6.61. The van der Waals surface area contributed by atoms with Gasteiger partial charge < -0.3 is 10.5 Å². The summed E-state index contributed by atoms with van der Waals surface area (Å²) in [7, 11) is 0. The second-order valence-corrected chi connectivity index (χ2v) is 5.60. The molecule has 0 heterocycles. The third-order valence-electron chi connectivity index (χ3n) is 3.98. The summed E-state index contributed by atoms with van der Waals surface area (Å²) < 4.78 is 5.60. The van der Waals surface area contributed by atoms with Crippen LogP contribution in [-0.2, 0) is 9.53 Å². The SMILES string of the molecule is CC1CCCC(OC(=O)[C@@H]2CC[C@H](N)C2)C1. The van der Waals surface area contributed by atoms with E-state index in [1.807, 2.05) is 0 Å². The lowest BCUT2D eigenvalue weighted by molar-refractivity contribution is -0.156. The molecule has 0 bridgehead atoms. The van der Waals surface area contributed by atoms with E-state index in [0.29, 0.717) is 5.92 Å². The van der Waals surface area contributed by atoms with Gasteiger partial charge in [0.2, 0.25) is 0 Å². The van der Waals surface area contributed by atoms with E-state index in [9.17, 15) is 4.79 Å². The van der Waals surface area contributed by atoms with Crippen molar-refractivity contribution in [3.63, 3.8) is 0 Å². The van der Waals surface area contributed by atoms with Gasteiger partial charge >= 0.3 is 5.97 Å². The van der Waals surface area contributed by atoms with Gasteiger partial charge in [0.15, 0.2) is 0 Å². The van der Waals surface area contributed by atoms with Crippen LogP contribution in [0.15, 0.2) is 0 Å². The van der Waals surface area contributed by atoms with E-state index in [-0.39, 0.29) is 24.0 Å². The molecule has 0 aromatic rings. The Morgan fingerprint density at radius 2 is 2.00 bits per heavy atom. The van der Waals surface area contributed by atoms with Gasteiger partial charge in [0.25, 0.3) is 0 Å². The summed E-state index contributed by atoms with van der Waals surface area (Å²) in [5, 5.41) is 0. The summed E-state index contributed by atoms with van der Waals surface area (Å²) >= 11 is 0. The summed E-state index contributed by atoms with van der Waals surface area (Å²) in [4.78, 5) is 11.9. The zero-order valence-electron chi connectivity index (χ0n) is 10.2. The highest BCUT2D eigenvalue weighted by Crippen LogP contribution is 2.29. The number of hydrogen-bond donors (Lipinski definition) is 1. The molecule has 3 heteroatoms. The third-order valence-corrected chi connectivity index (χ3v) is 3.98. The van der Waals surface area contributed by atoms with Gasteiger partial charge in [-0.05, 0) is 44.4 Å². The molecule has 92 valence electrons. The molecule has 2 aliphatic carbocycles. The van der Waals surface area contributed by atoms with E-state index in [1.165, 1.54) is 12.8 Å². The van der Waals surface area contributed by atoms with Crippen LogP contribution in [-0.4, -0.2) is 18.1 Å². The number of ether oxygens (including phenoxy) is 1. The maximum Gasteiger partial charge on any atom is 0.309 e. The van der Waals surface area contributed by atoms with Gasteiger partial charge in [-0.3, -0.25) is 4.79 Å². The van der Waals surface area contributed by atoms with Crippen LogP contribution in [0, 0.1) is 11.8 Å². The van der Waals surface area contributed by atoms with E-state index in [2.05, 4.69) is 6.92 Å². The molecule has 4 atom stereocenters. The normalized spacial score (nSPS) is 39.6. The van der Waals surface area contributed by atoms with Crippen molar-refractivity contribution in [2.75, 3.05) is 0 Å². The molecule has 0 aromatic heterocycles. The first-order chi connectivity index (χ1) is 7.65. The highest BCUT2D eigenvalue weighted by Gasteiger charge is 2.31. The van der Waals surface area contributed by atoms with Crippen molar-refractivity contribution in [2.45, 2.75) is 64.0 Å². The molecule has 0 amide bonds. The Balaban J connectivity index is 1.78. The van der Waals surface area contributed by atoms with Gasteiger partial charge in [-0.25, -0.2) is 0 Å². The van der Waals surface area contributed by atoms with Gasteiger partial charge in [-0.1, -0.05) is 13.3 Å². The molecule has 2 N–H and O–H groups in total. The number of carbonyl (C=O) groups excluding carboxylic acids is 1. The maximum atomic E-state index is 11.9. The second kappa shape index (κ2) is 5.17. The molecule has 3 nitrogen and oxygen atoms in total. The number of nitrogens with two attached hydrogens (primary N) is 1. The maximum absolute atomic E-state index is 11.9. The molecule has 2 rings (SSSR count). The Morgan fingerprint density at radius 3 is 2.62 bits per heavy atom. The molecular weight excluding hydrogens is 202 g/mol. The lowest BCUT2D eigenvalue weighted by Crippen LogP contribution is -2.28. The van der Waals surface area contributed by atoms with Gasteiger partial charge in [0.1, 0.15) is 6.10 Å². The fourth-order valence-electron chi connectivity index (χ4n) is 2.98. The summed E-state index contributed by atoms with van der Waals surface area (Å²) in [5.74, 6) is 0.789. The van der Waals surface area contributed by atoms with Crippen LogP contribution in [0.5, 0.6) is 0 Å². The molecule has 0 radical (unpaired) electrons. The second-order valence-electron chi connectivity index (χ2n) is 5.60. The minimum atomic E-state index is 0.00653. The number of rotatable bonds is 2. The van der Waals surface area contributed by atoms with Gasteiger partial charge in [-0.2, -0.15) is 0 Å². The topological polar surface area (TPSA) is 52.3 Å². The molecule has 2 aliphatic rings. The minimum Gasteiger partial charge on any atom is -0.462 e. The zero-order valence-corrected chi connectivity index (χ0v) is 10.2. The first kappa shape index (κ1) is 11.9. The van der Waals surface area contributed by atoms with Crippen molar-refractivity contribution in [3.8, 4) is 0 Å². The molecule has 0 spiro atoms. The molecule has 0 aromatic carbocycles. The van der Waals surface area contributed by atoms with E-state index >= 15 is 0 Å². The smallest absolute Gasteiger partial charge is 0.309 e. The predicted octanol–water partition coefficient (Wildman–Crippen LogP) is 2.24. The number of hydrogen-bond acceptors (Lipinski definition) is 3. The predicted molar refractivity (Wildman–Crippen MR) is 62.8 cm³/mol. The molecular formula is C13H23NO2. The van der Waals surface area contributed by atoms with Crippen molar-refractivity contribution >= 4 is 5.97 Å². The van der Waals surface area contributed by atoms with E-state index < -0.39 is 0 Å². The monoisotopic (exact) mass is 225 g/mol. The van der Waals surface area contributed by atoms with Gasteiger partial charge in [0.05, 0.1) is 5.92 Å². The highest BCUT2D eigenvalue weighted by molar-refractivity contribution is 5.73. The van der Waals surface area contributed by atoms with Crippen molar-refractivity contribution in [3.05, 3.63) is 0 Å². The van der Waals surface area contributed by atoms with Crippen LogP contribution in [0.3, 0.4) is 0 Å². The first-order valence-electron chi connectivity index (χ1n) is 6.61. The third kappa shape index (κ3) is 2.97. The fraction of sp³-hybridized carbons (Fsp3) is 0.923.